The van der Waals surface area contributed by atoms with Gasteiger partial charge < -0.3 is 9.64 Å². The van der Waals surface area contributed by atoms with Gasteiger partial charge in [-0.1, -0.05) is 20.4 Å². The maximum absolute atomic E-state index is 11.0. The number of hydrogen-bond donors (Lipinski definition) is 0. The Kier molecular flexibility index (Phi) is 8.91. The molecule has 0 unspecified atom stereocenters. The van der Waals surface area contributed by atoms with E-state index in [1.54, 1.807) is 6.92 Å². The van der Waals surface area contributed by atoms with Gasteiger partial charge in [0.15, 0.2) is 0 Å². The van der Waals surface area contributed by atoms with Crippen LogP contribution < -0.4 is 0 Å². The van der Waals surface area contributed by atoms with Gasteiger partial charge in [0.1, 0.15) is 0 Å². The third-order valence-corrected chi connectivity index (χ3v) is 2.59. The molecule has 0 aromatic heterocycles. The maximum Gasteiger partial charge on any atom is 0.333 e. The first-order chi connectivity index (χ1) is 7.61. The highest BCUT2D eigenvalue weighted by molar-refractivity contribution is 5.86. The van der Waals surface area contributed by atoms with E-state index in [2.05, 4.69) is 25.3 Å². The fourth-order valence-electron chi connectivity index (χ4n) is 1.44. The summed E-state index contributed by atoms with van der Waals surface area (Å²) in [4.78, 5) is 13.4. The van der Waals surface area contributed by atoms with Crippen molar-refractivity contribution < 1.29 is 9.53 Å². The van der Waals surface area contributed by atoms with Crippen molar-refractivity contribution in [2.24, 2.45) is 0 Å². The van der Waals surface area contributed by atoms with Gasteiger partial charge in [-0.15, -0.1) is 0 Å². The van der Waals surface area contributed by atoms with Gasteiger partial charge in [-0.25, -0.2) is 4.79 Å². The summed E-state index contributed by atoms with van der Waals surface area (Å²) < 4.78 is 5.01. The Hall–Kier alpha value is -0.830. The first-order valence-electron chi connectivity index (χ1n) is 6.16. The highest BCUT2D eigenvalue weighted by atomic mass is 16.5. The van der Waals surface area contributed by atoms with E-state index >= 15 is 0 Å². The van der Waals surface area contributed by atoms with E-state index in [0.717, 1.165) is 32.5 Å². The molecule has 16 heavy (non-hydrogen) atoms. The smallest absolute Gasteiger partial charge is 0.333 e. The second kappa shape index (κ2) is 9.40. The van der Waals surface area contributed by atoms with E-state index in [1.165, 1.54) is 6.42 Å². The van der Waals surface area contributed by atoms with Crippen LogP contribution in [0.25, 0.3) is 0 Å². The molecule has 0 N–H and O–H groups in total. The molecule has 3 nitrogen and oxygen atoms in total. The van der Waals surface area contributed by atoms with Crippen LogP contribution in [0.2, 0.25) is 0 Å². The highest BCUT2D eigenvalue weighted by Gasteiger charge is 2.02. The van der Waals surface area contributed by atoms with Crippen LogP contribution >= 0.6 is 0 Å². The van der Waals surface area contributed by atoms with Crippen LogP contribution in [0.5, 0.6) is 0 Å². The summed E-state index contributed by atoms with van der Waals surface area (Å²) in [5.74, 6) is -0.274. The van der Waals surface area contributed by atoms with Crippen LogP contribution in [-0.4, -0.2) is 37.1 Å². The minimum Gasteiger partial charge on any atom is -0.462 e. The molecule has 3 heteroatoms. The first kappa shape index (κ1) is 15.2. The SMILES string of the molecule is C=C(C)C(=O)OCCCCCN(CC)CC. The number of rotatable bonds is 9. The van der Waals surface area contributed by atoms with Crippen LogP contribution in [-0.2, 0) is 9.53 Å². The molecule has 94 valence electrons. The van der Waals surface area contributed by atoms with Crippen molar-refractivity contribution in [1.29, 1.82) is 0 Å². The molecule has 0 aromatic carbocycles. The van der Waals surface area contributed by atoms with E-state index in [0.29, 0.717) is 12.2 Å². The van der Waals surface area contributed by atoms with Gasteiger partial charge in [-0.2, -0.15) is 0 Å². The van der Waals surface area contributed by atoms with Crippen molar-refractivity contribution in [1.82, 2.24) is 4.90 Å². The lowest BCUT2D eigenvalue weighted by molar-refractivity contribution is -0.139. The summed E-state index contributed by atoms with van der Waals surface area (Å²) in [6.07, 6.45) is 3.23. The Morgan fingerprint density at radius 1 is 1.19 bits per heavy atom. The Morgan fingerprint density at radius 3 is 2.31 bits per heavy atom. The zero-order valence-corrected chi connectivity index (χ0v) is 10.9. The molecule has 0 saturated heterocycles. The van der Waals surface area contributed by atoms with E-state index in [4.69, 9.17) is 4.74 Å². The monoisotopic (exact) mass is 227 g/mol. The lowest BCUT2D eigenvalue weighted by Gasteiger charge is -2.17. The van der Waals surface area contributed by atoms with Gasteiger partial charge in [-0.05, 0) is 45.8 Å². The van der Waals surface area contributed by atoms with Gasteiger partial charge in [0, 0.05) is 5.57 Å². The number of nitrogens with zero attached hydrogens (tertiary/aromatic N) is 1. The van der Waals surface area contributed by atoms with Crippen LogP contribution in [0.1, 0.15) is 40.0 Å². The zero-order chi connectivity index (χ0) is 12.4. The second-order valence-electron chi connectivity index (χ2n) is 4.00. The first-order valence-corrected chi connectivity index (χ1v) is 6.16. The fourth-order valence-corrected chi connectivity index (χ4v) is 1.44. The minimum atomic E-state index is -0.274. The summed E-state index contributed by atoms with van der Waals surface area (Å²) in [5.41, 5.74) is 0.475. The number of ether oxygens (including phenoxy) is 1. The Balaban J connectivity index is 3.34. The Bertz CT molecular complexity index is 210. The number of carbonyl (C=O) groups excluding carboxylic acids is 1. The quantitative estimate of drug-likeness (QED) is 0.344. The molecule has 0 aromatic rings. The summed E-state index contributed by atoms with van der Waals surface area (Å²) in [6, 6.07) is 0. The number of carbonyl (C=O) groups is 1. The number of hydrogen-bond acceptors (Lipinski definition) is 3. The zero-order valence-electron chi connectivity index (χ0n) is 10.9. The molecule has 0 aliphatic carbocycles. The standard InChI is InChI=1S/C13H25NO2/c1-5-14(6-2)10-8-7-9-11-16-13(15)12(3)4/h3,5-11H2,1-2,4H3. The molecule has 0 fully saturated rings. The number of unbranched alkanes of at least 4 members (excludes halogenated alkanes) is 2. The normalized spacial score (nSPS) is 10.5. The predicted molar refractivity (Wildman–Crippen MR) is 67.4 cm³/mol. The molecule has 0 bridgehead atoms. The molecule has 0 aliphatic heterocycles. The molecular formula is C13H25NO2. The van der Waals surface area contributed by atoms with Crippen LogP contribution in [0.4, 0.5) is 0 Å². The lowest BCUT2D eigenvalue weighted by Crippen LogP contribution is -2.23. The van der Waals surface area contributed by atoms with E-state index in [9.17, 15) is 4.79 Å². The average molecular weight is 227 g/mol. The van der Waals surface area contributed by atoms with Crippen molar-refractivity contribution in [2.45, 2.75) is 40.0 Å². The maximum atomic E-state index is 11.0. The molecule has 0 spiro atoms. The van der Waals surface area contributed by atoms with Gasteiger partial charge in [-0.3, -0.25) is 0 Å². The van der Waals surface area contributed by atoms with Gasteiger partial charge >= 0.3 is 5.97 Å². The van der Waals surface area contributed by atoms with Crippen molar-refractivity contribution in [3.8, 4) is 0 Å². The van der Waals surface area contributed by atoms with Crippen LogP contribution in [0.3, 0.4) is 0 Å². The molecule has 0 radical (unpaired) electrons. The summed E-state index contributed by atoms with van der Waals surface area (Å²) in [7, 11) is 0. The summed E-state index contributed by atoms with van der Waals surface area (Å²) >= 11 is 0. The van der Waals surface area contributed by atoms with Crippen LogP contribution in [0, 0.1) is 0 Å². The molecule has 0 amide bonds. The summed E-state index contributed by atoms with van der Waals surface area (Å²) in [5, 5.41) is 0. The topological polar surface area (TPSA) is 29.5 Å². The molecule has 0 atom stereocenters. The number of esters is 1. The van der Waals surface area contributed by atoms with Gasteiger partial charge in [0.2, 0.25) is 0 Å². The molecule has 0 saturated carbocycles. The van der Waals surface area contributed by atoms with Gasteiger partial charge in [0.25, 0.3) is 0 Å². The Morgan fingerprint density at radius 2 is 1.81 bits per heavy atom. The average Bonchev–Trinajstić information content (AvgIpc) is 2.27. The van der Waals surface area contributed by atoms with Crippen molar-refractivity contribution in [3.05, 3.63) is 12.2 Å². The fraction of sp³-hybridized carbons (Fsp3) is 0.769. The van der Waals surface area contributed by atoms with Crippen LogP contribution in [0.15, 0.2) is 12.2 Å². The predicted octanol–water partition coefficient (Wildman–Crippen LogP) is 2.62. The van der Waals surface area contributed by atoms with E-state index in [-0.39, 0.29) is 5.97 Å². The largest absolute Gasteiger partial charge is 0.462 e. The molecule has 0 heterocycles. The molecule has 0 aliphatic rings. The second-order valence-corrected chi connectivity index (χ2v) is 4.00. The van der Waals surface area contributed by atoms with E-state index < -0.39 is 0 Å². The Labute approximate surface area is 99.5 Å². The van der Waals surface area contributed by atoms with E-state index in [1.807, 2.05) is 0 Å². The van der Waals surface area contributed by atoms with Crippen molar-refractivity contribution in [3.63, 3.8) is 0 Å². The molecular weight excluding hydrogens is 202 g/mol. The van der Waals surface area contributed by atoms with Crippen molar-refractivity contribution in [2.75, 3.05) is 26.2 Å². The minimum absolute atomic E-state index is 0.274. The van der Waals surface area contributed by atoms with Crippen molar-refractivity contribution >= 4 is 5.97 Å². The lowest BCUT2D eigenvalue weighted by atomic mass is 10.2. The molecule has 0 rings (SSSR count). The third kappa shape index (κ3) is 7.46. The third-order valence-electron chi connectivity index (χ3n) is 2.59. The summed E-state index contributed by atoms with van der Waals surface area (Å²) in [6.45, 7) is 13.4. The van der Waals surface area contributed by atoms with Gasteiger partial charge in [0.05, 0.1) is 6.61 Å². The highest BCUT2D eigenvalue weighted by Crippen LogP contribution is 2.00.